The molecule has 1 N–H and O–H groups in total. The number of fused-ring (bicyclic) bond motifs is 1. The van der Waals surface area contributed by atoms with E-state index in [0.29, 0.717) is 6.04 Å². The molecule has 0 bridgehead atoms. The summed E-state index contributed by atoms with van der Waals surface area (Å²) in [5.74, 6) is 0. The van der Waals surface area contributed by atoms with Crippen LogP contribution in [0.5, 0.6) is 0 Å². The van der Waals surface area contributed by atoms with E-state index in [4.69, 9.17) is 0 Å². The first-order valence-corrected chi connectivity index (χ1v) is 7.82. The minimum absolute atomic E-state index is 0.555. The lowest BCUT2D eigenvalue weighted by atomic mass is 10.1. The summed E-state index contributed by atoms with van der Waals surface area (Å²) in [4.78, 5) is 6.74. The van der Waals surface area contributed by atoms with Crippen LogP contribution in [0.1, 0.15) is 30.9 Å². The zero-order valence-electron chi connectivity index (χ0n) is 12.6. The molecule has 2 aromatic rings. The number of nitrogens with zero attached hydrogens (tertiary/aromatic N) is 2. The molecule has 110 valence electrons. The SMILES string of the molecule is CCCC1CN(Cc2cccnc2)c2ccccc2CN1. The monoisotopic (exact) mass is 281 g/mol. The highest BCUT2D eigenvalue weighted by Crippen LogP contribution is 2.25. The molecule has 2 heterocycles. The van der Waals surface area contributed by atoms with Gasteiger partial charge in [-0.05, 0) is 29.7 Å². The first kappa shape index (κ1) is 14.1. The molecule has 0 spiro atoms. The van der Waals surface area contributed by atoms with E-state index in [1.165, 1.54) is 29.7 Å². The van der Waals surface area contributed by atoms with Crippen LogP contribution < -0.4 is 10.2 Å². The minimum Gasteiger partial charge on any atom is -0.365 e. The van der Waals surface area contributed by atoms with Crippen LogP contribution in [0.2, 0.25) is 0 Å². The maximum Gasteiger partial charge on any atom is 0.0445 e. The van der Waals surface area contributed by atoms with E-state index in [1.54, 1.807) is 0 Å². The molecule has 0 fully saturated rings. The molecule has 1 aliphatic rings. The van der Waals surface area contributed by atoms with Gasteiger partial charge in [-0.15, -0.1) is 0 Å². The van der Waals surface area contributed by atoms with Crippen molar-refractivity contribution < 1.29 is 0 Å². The number of hydrogen-bond donors (Lipinski definition) is 1. The molecule has 0 saturated carbocycles. The normalized spacial score (nSPS) is 18.1. The summed E-state index contributed by atoms with van der Waals surface area (Å²) in [6.45, 7) is 5.20. The number of aromatic nitrogens is 1. The number of hydrogen-bond acceptors (Lipinski definition) is 3. The van der Waals surface area contributed by atoms with E-state index in [1.807, 2.05) is 18.5 Å². The molecule has 0 amide bonds. The topological polar surface area (TPSA) is 28.2 Å². The molecular formula is C18H23N3. The van der Waals surface area contributed by atoms with Crippen LogP contribution in [0, 0.1) is 0 Å². The summed E-state index contributed by atoms with van der Waals surface area (Å²) >= 11 is 0. The van der Waals surface area contributed by atoms with Gasteiger partial charge in [-0.25, -0.2) is 0 Å². The van der Waals surface area contributed by atoms with Crippen molar-refractivity contribution in [3.05, 3.63) is 59.9 Å². The predicted molar refractivity (Wildman–Crippen MR) is 87.3 cm³/mol. The lowest BCUT2D eigenvalue weighted by molar-refractivity contribution is 0.479. The van der Waals surface area contributed by atoms with Crippen molar-refractivity contribution in [1.82, 2.24) is 10.3 Å². The van der Waals surface area contributed by atoms with Crippen molar-refractivity contribution in [3.63, 3.8) is 0 Å². The van der Waals surface area contributed by atoms with Crippen LogP contribution >= 0.6 is 0 Å². The third-order valence-electron chi connectivity index (χ3n) is 4.09. The third kappa shape index (κ3) is 3.42. The first-order valence-electron chi connectivity index (χ1n) is 7.82. The number of pyridine rings is 1. The van der Waals surface area contributed by atoms with E-state index >= 15 is 0 Å². The van der Waals surface area contributed by atoms with Crippen LogP contribution in [0.25, 0.3) is 0 Å². The van der Waals surface area contributed by atoms with Gasteiger partial charge in [-0.1, -0.05) is 37.6 Å². The van der Waals surface area contributed by atoms with Gasteiger partial charge in [0, 0.05) is 43.8 Å². The average Bonchev–Trinajstić information content (AvgIpc) is 2.69. The second-order valence-electron chi connectivity index (χ2n) is 5.74. The van der Waals surface area contributed by atoms with Gasteiger partial charge in [0.2, 0.25) is 0 Å². The van der Waals surface area contributed by atoms with Crippen molar-refractivity contribution in [2.75, 3.05) is 11.4 Å². The molecule has 3 heteroatoms. The molecule has 1 aromatic carbocycles. The molecule has 1 unspecified atom stereocenters. The fourth-order valence-electron chi connectivity index (χ4n) is 3.06. The molecule has 1 aromatic heterocycles. The minimum atomic E-state index is 0.555. The molecule has 0 aliphatic carbocycles. The lowest BCUT2D eigenvalue weighted by Gasteiger charge is -2.27. The van der Waals surface area contributed by atoms with Crippen LogP contribution in [-0.2, 0) is 13.1 Å². The second-order valence-corrected chi connectivity index (χ2v) is 5.74. The summed E-state index contributed by atoms with van der Waals surface area (Å²) in [5.41, 5.74) is 4.01. The smallest absolute Gasteiger partial charge is 0.0445 e. The molecule has 1 atom stereocenters. The Balaban J connectivity index is 1.86. The van der Waals surface area contributed by atoms with Crippen LogP contribution in [0.3, 0.4) is 0 Å². The van der Waals surface area contributed by atoms with Crippen molar-refractivity contribution in [1.29, 1.82) is 0 Å². The second kappa shape index (κ2) is 6.72. The summed E-state index contributed by atoms with van der Waals surface area (Å²) in [7, 11) is 0. The molecular weight excluding hydrogens is 258 g/mol. The number of rotatable bonds is 4. The summed E-state index contributed by atoms with van der Waals surface area (Å²) in [5, 5.41) is 3.70. The van der Waals surface area contributed by atoms with E-state index in [2.05, 4.69) is 52.5 Å². The van der Waals surface area contributed by atoms with Crippen molar-refractivity contribution in [2.45, 2.75) is 38.9 Å². The van der Waals surface area contributed by atoms with Crippen molar-refractivity contribution in [3.8, 4) is 0 Å². The Labute approximate surface area is 127 Å². The third-order valence-corrected chi connectivity index (χ3v) is 4.09. The van der Waals surface area contributed by atoms with E-state index in [9.17, 15) is 0 Å². The van der Waals surface area contributed by atoms with Gasteiger partial charge in [-0.3, -0.25) is 4.98 Å². The van der Waals surface area contributed by atoms with Crippen molar-refractivity contribution >= 4 is 5.69 Å². The Morgan fingerprint density at radius 3 is 2.95 bits per heavy atom. The van der Waals surface area contributed by atoms with Crippen LogP contribution in [0.15, 0.2) is 48.8 Å². The van der Waals surface area contributed by atoms with Gasteiger partial charge >= 0.3 is 0 Å². The van der Waals surface area contributed by atoms with Crippen molar-refractivity contribution in [2.24, 2.45) is 0 Å². The number of nitrogens with one attached hydrogen (secondary N) is 1. The highest BCUT2D eigenvalue weighted by Gasteiger charge is 2.20. The Kier molecular flexibility index (Phi) is 4.51. The number of para-hydroxylation sites is 1. The zero-order chi connectivity index (χ0) is 14.5. The van der Waals surface area contributed by atoms with Crippen LogP contribution in [-0.4, -0.2) is 17.6 Å². The highest BCUT2D eigenvalue weighted by atomic mass is 15.2. The Morgan fingerprint density at radius 1 is 1.24 bits per heavy atom. The first-order chi connectivity index (χ1) is 10.4. The fraction of sp³-hybridized carbons (Fsp3) is 0.389. The van der Waals surface area contributed by atoms with Gasteiger partial charge in [-0.2, -0.15) is 0 Å². The number of benzene rings is 1. The van der Waals surface area contributed by atoms with Gasteiger partial charge in [0.15, 0.2) is 0 Å². The van der Waals surface area contributed by atoms with E-state index in [0.717, 1.165) is 19.6 Å². The highest BCUT2D eigenvalue weighted by molar-refractivity contribution is 5.55. The molecule has 3 nitrogen and oxygen atoms in total. The van der Waals surface area contributed by atoms with Crippen LogP contribution in [0.4, 0.5) is 5.69 Å². The lowest BCUT2D eigenvalue weighted by Crippen LogP contribution is -2.37. The average molecular weight is 281 g/mol. The van der Waals surface area contributed by atoms with Gasteiger partial charge in [0.1, 0.15) is 0 Å². The largest absolute Gasteiger partial charge is 0.365 e. The zero-order valence-corrected chi connectivity index (χ0v) is 12.6. The molecule has 1 aliphatic heterocycles. The molecule has 0 radical (unpaired) electrons. The standard InChI is InChI=1S/C18H23N3/c1-2-6-17-14-21(13-15-7-5-10-19-11-15)18-9-4-3-8-16(18)12-20-17/h3-5,7-11,17,20H,2,6,12-14H2,1H3. The predicted octanol–water partition coefficient (Wildman–Crippen LogP) is 3.36. The maximum absolute atomic E-state index is 4.24. The summed E-state index contributed by atoms with van der Waals surface area (Å²) in [6, 6.07) is 13.5. The Morgan fingerprint density at radius 2 is 2.14 bits per heavy atom. The fourth-order valence-corrected chi connectivity index (χ4v) is 3.06. The summed E-state index contributed by atoms with van der Waals surface area (Å²) in [6.07, 6.45) is 6.24. The molecule has 21 heavy (non-hydrogen) atoms. The van der Waals surface area contributed by atoms with E-state index in [-0.39, 0.29) is 0 Å². The quantitative estimate of drug-likeness (QED) is 0.931. The van der Waals surface area contributed by atoms with E-state index < -0.39 is 0 Å². The Bertz CT molecular complexity index is 568. The summed E-state index contributed by atoms with van der Waals surface area (Å²) < 4.78 is 0. The molecule has 0 saturated heterocycles. The van der Waals surface area contributed by atoms with Gasteiger partial charge < -0.3 is 10.2 Å². The van der Waals surface area contributed by atoms with Gasteiger partial charge in [0.05, 0.1) is 0 Å². The maximum atomic E-state index is 4.24. The molecule has 3 rings (SSSR count). The Hall–Kier alpha value is -1.87. The van der Waals surface area contributed by atoms with Gasteiger partial charge in [0.25, 0.3) is 0 Å². The number of anilines is 1.